The average Bonchev–Trinajstić information content (AvgIpc) is 2.75. The fraction of sp³-hybridized carbons (Fsp3) is 0.500. The van der Waals surface area contributed by atoms with E-state index in [1.165, 1.54) is 12.3 Å². The van der Waals surface area contributed by atoms with Crippen LogP contribution in [0.3, 0.4) is 0 Å². The number of rotatable bonds is 6. The number of nitrogen functional groups attached to an aromatic ring is 1. The molecule has 1 aromatic heterocycles. The lowest BCUT2D eigenvalue weighted by Crippen LogP contribution is -2.29. The average molecular weight is 266 g/mol. The van der Waals surface area contributed by atoms with Crippen molar-refractivity contribution in [2.24, 2.45) is 5.84 Å². The molecule has 1 amide bonds. The van der Waals surface area contributed by atoms with Gasteiger partial charge in [0.1, 0.15) is 18.6 Å². The minimum absolute atomic E-state index is 0.00963. The molecular formula is C10H13F3N2O3. The number of hydrazine groups is 1. The Morgan fingerprint density at radius 1 is 1.50 bits per heavy atom. The summed E-state index contributed by atoms with van der Waals surface area (Å²) in [6, 6.07) is 1.41. The van der Waals surface area contributed by atoms with Crippen LogP contribution in [0, 0.1) is 0 Å². The van der Waals surface area contributed by atoms with Gasteiger partial charge in [-0.15, -0.1) is 0 Å². The number of nitrogens with one attached hydrogen (secondary N) is 1. The fourth-order valence-electron chi connectivity index (χ4n) is 1.21. The smallest absolute Gasteiger partial charge is 0.389 e. The van der Waals surface area contributed by atoms with Gasteiger partial charge in [0.05, 0.1) is 5.56 Å². The molecule has 0 saturated heterocycles. The minimum atomic E-state index is -4.17. The molecule has 0 bridgehead atoms. The molecule has 1 heterocycles. The van der Waals surface area contributed by atoms with E-state index in [0.29, 0.717) is 5.76 Å². The molecule has 0 aromatic carbocycles. The van der Waals surface area contributed by atoms with Crippen LogP contribution in [0.15, 0.2) is 16.7 Å². The molecule has 5 nitrogen and oxygen atoms in total. The first-order valence-electron chi connectivity index (χ1n) is 5.15. The Bertz CT molecular complexity index is 390. The van der Waals surface area contributed by atoms with Crippen LogP contribution in [-0.2, 0) is 11.3 Å². The Balaban J connectivity index is 2.24. The van der Waals surface area contributed by atoms with Gasteiger partial charge in [0, 0.05) is 13.0 Å². The molecule has 0 unspecified atom stereocenters. The number of furan rings is 1. The van der Waals surface area contributed by atoms with Crippen LogP contribution in [0.5, 0.6) is 0 Å². The number of carbonyl (C=O) groups excluding carboxylic acids is 1. The van der Waals surface area contributed by atoms with Gasteiger partial charge >= 0.3 is 6.18 Å². The quantitative estimate of drug-likeness (QED) is 0.356. The van der Waals surface area contributed by atoms with E-state index < -0.39 is 18.5 Å². The summed E-state index contributed by atoms with van der Waals surface area (Å²) in [5, 5.41) is 0. The first-order chi connectivity index (χ1) is 8.42. The number of alkyl halides is 3. The normalized spacial score (nSPS) is 11.6. The lowest BCUT2D eigenvalue weighted by atomic mass is 10.3. The summed E-state index contributed by atoms with van der Waals surface area (Å²) in [5.74, 6) is 4.75. The lowest BCUT2D eigenvalue weighted by molar-refractivity contribution is -0.138. The molecule has 0 aliphatic heterocycles. The van der Waals surface area contributed by atoms with E-state index in [-0.39, 0.29) is 25.2 Å². The second-order valence-corrected chi connectivity index (χ2v) is 3.55. The van der Waals surface area contributed by atoms with Gasteiger partial charge in [0.2, 0.25) is 0 Å². The predicted molar refractivity (Wildman–Crippen MR) is 55.3 cm³/mol. The highest BCUT2D eigenvalue weighted by molar-refractivity contribution is 5.93. The highest BCUT2D eigenvalue weighted by Crippen LogP contribution is 2.21. The van der Waals surface area contributed by atoms with E-state index >= 15 is 0 Å². The molecule has 0 fully saturated rings. The lowest BCUT2D eigenvalue weighted by Gasteiger charge is -2.05. The summed E-state index contributed by atoms with van der Waals surface area (Å²) < 4.78 is 45.4. The molecule has 3 N–H and O–H groups in total. The number of ether oxygens (including phenoxy) is 1. The Hall–Kier alpha value is -1.54. The third-order valence-electron chi connectivity index (χ3n) is 2.04. The second-order valence-electron chi connectivity index (χ2n) is 3.55. The van der Waals surface area contributed by atoms with Crippen molar-refractivity contribution < 1.29 is 27.1 Å². The van der Waals surface area contributed by atoms with Crippen LogP contribution in [0.1, 0.15) is 29.0 Å². The second kappa shape index (κ2) is 6.41. The van der Waals surface area contributed by atoms with Crippen LogP contribution in [0.4, 0.5) is 13.2 Å². The van der Waals surface area contributed by atoms with Gasteiger partial charge in [0.15, 0.2) is 0 Å². The standard InChI is InChI=1S/C10H13F3N2O3/c11-10(12,13)2-1-3-17-6-8-4-7(5-18-8)9(16)15-14/h4-5H,1-3,6,14H2,(H,15,16). The molecule has 102 valence electrons. The van der Waals surface area contributed by atoms with Crippen molar-refractivity contribution in [2.45, 2.75) is 25.6 Å². The number of halogens is 3. The summed E-state index contributed by atoms with van der Waals surface area (Å²) >= 11 is 0. The number of amides is 1. The Labute approximate surface area is 101 Å². The van der Waals surface area contributed by atoms with Crippen molar-refractivity contribution in [1.82, 2.24) is 5.43 Å². The topological polar surface area (TPSA) is 77.5 Å². The van der Waals surface area contributed by atoms with Gasteiger partial charge in [-0.2, -0.15) is 13.2 Å². The zero-order valence-corrected chi connectivity index (χ0v) is 9.42. The van der Waals surface area contributed by atoms with Crippen LogP contribution in [0.25, 0.3) is 0 Å². The maximum atomic E-state index is 11.8. The highest BCUT2D eigenvalue weighted by Gasteiger charge is 2.25. The maximum absolute atomic E-state index is 11.8. The van der Waals surface area contributed by atoms with E-state index in [0.717, 1.165) is 0 Å². The monoisotopic (exact) mass is 266 g/mol. The van der Waals surface area contributed by atoms with Crippen molar-refractivity contribution >= 4 is 5.91 Å². The van der Waals surface area contributed by atoms with Gasteiger partial charge in [-0.1, -0.05) is 0 Å². The Morgan fingerprint density at radius 2 is 2.22 bits per heavy atom. The van der Waals surface area contributed by atoms with Gasteiger partial charge < -0.3 is 9.15 Å². The minimum Gasteiger partial charge on any atom is -0.466 e. The van der Waals surface area contributed by atoms with Gasteiger partial charge in [-0.3, -0.25) is 10.2 Å². The van der Waals surface area contributed by atoms with Crippen LogP contribution < -0.4 is 11.3 Å². The van der Waals surface area contributed by atoms with Gasteiger partial charge in [-0.05, 0) is 12.5 Å². The van der Waals surface area contributed by atoms with Crippen molar-refractivity contribution in [3.63, 3.8) is 0 Å². The summed E-state index contributed by atoms with van der Waals surface area (Å²) in [4.78, 5) is 11.1. The summed E-state index contributed by atoms with van der Waals surface area (Å²) in [6.45, 7) is -0.0195. The third-order valence-corrected chi connectivity index (χ3v) is 2.04. The molecule has 18 heavy (non-hydrogen) atoms. The molecule has 8 heteroatoms. The summed E-state index contributed by atoms with van der Waals surface area (Å²) in [5.41, 5.74) is 2.15. The molecule has 0 saturated carbocycles. The largest absolute Gasteiger partial charge is 0.466 e. The maximum Gasteiger partial charge on any atom is 0.389 e. The molecule has 0 aliphatic rings. The molecule has 0 spiro atoms. The number of carbonyl (C=O) groups is 1. The SMILES string of the molecule is NNC(=O)c1coc(COCCCC(F)(F)F)c1. The van der Waals surface area contributed by atoms with E-state index in [2.05, 4.69) is 0 Å². The molecule has 1 rings (SSSR count). The summed E-state index contributed by atoms with van der Waals surface area (Å²) in [7, 11) is 0. The zero-order chi connectivity index (χ0) is 13.6. The van der Waals surface area contributed by atoms with Crippen LogP contribution in [0.2, 0.25) is 0 Å². The van der Waals surface area contributed by atoms with Crippen LogP contribution in [-0.4, -0.2) is 18.7 Å². The molecule has 1 aromatic rings. The highest BCUT2D eigenvalue weighted by atomic mass is 19.4. The zero-order valence-electron chi connectivity index (χ0n) is 9.42. The Kier molecular flexibility index (Phi) is 5.17. The fourth-order valence-corrected chi connectivity index (χ4v) is 1.21. The van der Waals surface area contributed by atoms with E-state index in [1.807, 2.05) is 5.43 Å². The first kappa shape index (κ1) is 14.5. The summed E-state index contributed by atoms with van der Waals surface area (Å²) in [6.07, 6.45) is -3.97. The van der Waals surface area contributed by atoms with Crippen LogP contribution >= 0.6 is 0 Å². The molecule has 0 atom stereocenters. The van der Waals surface area contributed by atoms with Crippen molar-refractivity contribution in [1.29, 1.82) is 0 Å². The molecular weight excluding hydrogens is 253 g/mol. The third kappa shape index (κ3) is 5.19. The van der Waals surface area contributed by atoms with E-state index in [4.69, 9.17) is 15.0 Å². The van der Waals surface area contributed by atoms with Gasteiger partial charge in [0.25, 0.3) is 5.91 Å². The Morgan fingerprint density at radius 3 is 2.83 bits per heavy atom. The molecule has 0 aliphatic carbocycles. The van der Waals surface area contributed by atoms with Crippen molar-refractivity contribution in [3.05, 3.63) is 23.7 Å². The van der Waals surface area contributed by atoms with Crippen molar-refractivity contribution in [2.75, 3.05) is 6.61 Å². The predicted octanol–water partition coefficient (Wildman–Crippen LogP) is 1.74. The number of hydrogen-bond acceptors (Lipinski definition) is 4. The number of hydrogen-bond donors (Lipinski definition) is 2. The van der Waals surface area contributed by atoms with E-state index in [9.17, 15) is 18.0 Å². The van der Waals surface area contributed by atoms with E-state index in [1.54, 1.807) is 0 Å². The molecule has 0 radical (unpaired) electrons. The van der Waals surface area contributed by atoms with Crippen molar-refractivity contribution in [3.8, 4) is 0 Å². The number of nitrogens with two attached hydrogens (primary N) is 1. The first-order valence-corrected chi connectivity index (χ1v) is 5.15. The van der Waals surface area contributed by atoms with Gasteiger partial charge in [-0.25, -0.2) is 5.84 Å².